The van der Waals surface area contributed by atoms with Crippen LogP contribution in [0.15, 0.2) is 30.7 Å². The molecule has 3 rings (SSSR count). The van der Waals surface area contributed by atoms with Gasteiger partial charge in [-0.3, -0.25) is 0 Å². The Kier molecular flexibility index (Phi) is 4.22. The Hall–Kier alpha value is -2.18. The van der Waals surface area contributed by atoms with Crippen LogP contribution < -0.4 is 5.32 Å². The summed E-state index contributed by atoms with van der Waals surface area (Å²) in [6, 6.07) is 5.81. The molecule has 3 aromatic rings. The van der Waals surface area contributed by atoms with E-state index in [-0.39, 0.29) is 0 Å². The molecular formula is C15H16ClN5O. The number of nitrogens with one attached hydrogen (secondary N) is 1. The Bertz CT molecular complexity index is 802. The summed E-state index contributed by atoms with van der Waals surface area (Å²) in [5.74, 6) is 0.742. The molecule has 114 valence electrons. The van der Waals surface area contributed by atoms with Crippen LogP contribution in [-0.4, -0.2) is 40.0 Å². The molecule has 2 aromatic heterocycles. The van der Waals surface area contributed by atoms with Crippen LogP contribution in [0.1, 0.15) is 5.56 Å². The average Bonchev–Trinajstić information content (AvgIpc) is 2.95. The maximum absolute atomic E-state index is 6.20. The molecule has 6 nitrogen and oxygen atoms in total. The number of anilines is 1. The van der Waals surface area contributed by atoms with Crippen molar-refractivity contribution < 1.29 is 4.74 Å². The molecule has 0 amide bonds. The minimum absolute atomic E-state index is 0.604. The first-order valence-corrected chi connectivity index (χ1v) is 7.26. The van der Waals surface area contributed by atoms with Gasteiger partial charge in [0.2, 0.25) is 0 Å². The number of fused-ring (bicyclic) bond motifs is 1. The summed E-state index contributed by atoms with van der Waals surface area (Å²) in [7, 11) is 1.66. The highest BCUT2D eigenvalue weighted by atomic mass is 35.5. The van der Waals surface area contributed by atoms with Gasteiger partial charge in [-0.15, -0.1) is 0 Å². The van der Waals surface area contributed by atoms with Crippen LogP contribution in [0.25, 0.3) is 16.7 Å². The second-order valence-corrected chi connectivity index (χ2v) is 5.28. The summed E-state index contributed by atoms with van der Waals surface area (Å²) in [4.78, 5) is 8.59. The molecule has 0 saturated heterocycles. The Morgan fingerprint density at radius 3 is 2.95 bits per heavy atom. The molecule has 0 saturated carbocycles. The number of hydrogen-bond donors (Lipinski definition) is 1. The molecule has 0 aliphatic carbocycles. The van der Waals surface area contributed by atoms with Crippen LogP contribution in [0.5, 0.6) is 0 Å². The predicted molar refractivity (Wildman–Crippen MR) is 86.8 cm³/mol. The van der Waals surface area contributed by atoms with Gasteiger partial charge in [0.1, 0.15) is 12.1 Å². The molecule has 0 bridgehead atoms. The van der Waals surface area contributed by atoms with Gasteiger partial charge in [0.15, 0.2) is 5.65 Å². The van der Waals surface area contributed by atoms with Crippen molar-refractivity contribution in [2.45, 2.75) is 6.92 Å². The molecule has 0 aliphatic rings. The fourth-order valence-electron chi connectivity index (χ4n) is 2.16. The first-order chi connectivity index (χ1) is 10.7. The van der Waals surface area contributed by atoms with Crippen LogP contribution in [-0.2, 0) is 4.74 Å². The highest BCUT2D eigenvalue weighted by Gasteiger charge is 2.11. The van der Waals surface area contributed by atoms with E-state index in [2.05, 4.69) is 20.4 Å². The van der Waals surface area contributed by atoms with Crippen LogP contribution >= 0.6 is 11.6 Å². The summed E-state index contributed by atoms with van der Waals surface area (Å²) in [5.41, 5.74) is 2.63. The third kappa shape index (κ3) is 2.75. The van der Waals surface area contributed by atoms with E-state index in [4.69, 9.17) is 16.3 Å². The molecule has 22 heavy (non-hydrogen) atoms. The fourth-order valence-corrected chi connectivity index (χ4v) is 2.33. The van der Waals surface area contributed by atoms with Crippen molar-refractivity contribution in [2.24, 2.45) is 0 Å². The molecule has 0 radical (unpaired) electrons. The van der Waals surface area contributed by atoms with E-state index in [0.717, 1.165) is 28.1 Å². The molecule has 2 heterocycles. The number of aromatic nitrogens is 4. The van der Waals surface area contributed by atoms with Crippen molar-refractivity contribution in [3.8, 4) is 5.69 Å². The molecule has 1 N–H and O–H groups in total. The van der Waals surface area contributed by atoms with E-state index in [1.165, 1.54) is 6.33 Å². The minimum Gasteiger partial charge on any atom is -0.383 e. The Labute approximate surface area is 133 Å². The third-order valence-electron chi connectivity index (χ3n) is 3.36. The Morgan fingerprint density at radius 2 is 2.18 bits per heavy atom. The van der Waals surface area contributed by atoms with E-state index in [0.29, 0.717) is 18.2 Å². The second-order valence-electron chi connectivity index (χ2n) is 4.87. The fraction of sp³-hybridized carbons (Fsp3) is 0.267. The standard InChI is InChI=1S/C15H16ClN5O/c1-10-3-4-11(7-13(10)16)21-15-12(8-20-21)14(18-9-19-15)17-5-6-22-2/h3-4,7-9H,5-6H2,1-2H3,(H,17,18,19). The summed E-state index contributed by atoms with van der Waals surface area (Å²) >= 11 is 6.20. The van der Waals surface area contributed by atoms with Gasteiger partial charge in [-0.1, -0.05) is 17.7 Å². The molecule has 0 fully saturated rings. The lowest BCUT2D eigenvalue weighted by Gasteiger charge is -2.07. The van der Waals surface area contributed by atoms with Gasteiger partial charge in [-0.05, 0) is 24.6 Å². The van der Waals surface area contributed by atoms with Gasteiger partial charge < -0.3 is 10.1 Å². The van der Waals surface area contributed by atoms with Crippen LogP contribution in [0, 0.1) is 6.92 Å². The number of ether oxygens (including phenoxy) is 1. The van der Waals surface area contributed by atoms with Gasteiger partial charge in [-0.2, -0.15) is 5.10 Å². The summed E-state index contributed by atoms with van der Waals surface area (Å²) < 4.78 is 6.79. The van der Waals surface area contributed by atoms with Crippen LogP contribution in [0.2, 0.25) is 5.02 Å². The largest absolute Gasteiger partial charge is 0.383 e. The molecule has 7 heteroatoms. The lowest BCUT2D eigenvalue weighted by Crippen LogP contribution is -2.09. The lowest BCUT2D eigenvalue weighted by molar-refractivity contribution is 0.210. The van der Waals surface area contributed by atoms with E-state index >= 15 is 0 Å². The maximum atomic E-state index is 6.20. The molecule has 1 aromatic carbocycles. The van der Waals surface area contributed by atoms with Crippen molar-refractivity contribution in [3.05, 3.63) is 41.3 Å². The summed E-state index contributed by atoms with van der Waals surface area (Å²) in [6.07, 6.45) is 3.27. The second kappa shape index (κ2) is 6.29. The molecule has 0 atom stereocenters. The first-order valence-electron chi connectivity index (χ1n) is 6.89. The lowest BCUT2D eigenvalue weighted by atomic mass is 10.2. The van der Waals surface area contributed by atoms with Crippen LogP contribution in [0.3, 0.4) is 0 Å². The van der Waals surface area contributed by atoms with Crippen molar-refractivity contribution >= 4 is 28.5 Å². The van der Waals surface area contributed by atoms with E-state index < -0.39 is 0 Å². The number of halogens is 1. The van der Waals surface area contributed by atoms with Crippen molar-refractivity contribution in [1.82, 2.24) is 19.7 Å². The Morgan fingerprint density at radius 1 is 1.32 bits per heavy atom. The topological polar surface area (TPSA) is 64.9 Å². The number of benzene rings is 1. The third-order valence-corrected chi connectivity index (χ3v) is 3.77. The zero-order valence-corrected chi connectivity index (χ0v) is 13.1. The van der Waals surface area contributed by atoms with Crippen molar-refractivity contribution in [3.63, 3.8) is 0 Å². The smallest absolute Gasteiger partial charge is 0.168 e. The molecular weight excluding hydrogens is 302 g/mol. The van der Waals surface area contributed by atoms with E-state index in [9.17, 15) is 0 Å². The molecule has 0 aliphatic heterocycles. The zero-order valence-electron chi connectivity index (χ0n) is 12.4. The van der Waals surface area contributed by atoms with Crippen molar-refractivity contribution in [2.75, 3.05) is 25.6 Å². The number of rotatable bonds is 5. The highest BCUT2D eigenvalue weighted by molar-refractivity contribution is 6.31. The number of aryl methyl sites for hydroxylation is 1. The van der Waals surface area contributed by atoms with Crippen molar-refractivity contribution in [1.29, 1.82) is 0 Å². The van der Waals surface area contributed by atoms with Gasteiger partial charge in [0, 0.05) is 18.7 Å². The van der Waals surface area contributed by atoms with E-state index in [1.807, 2.05) is 25.1 Å². The average molecular weight is 318 g/mol. The molecule has 0 unspecified atom stereocenters. The minimum atomic E-state index is 0.604. The van der Waals surface area contributed by atoms with Crippen LogP contribution in [0.4, 0.5) is 5.82 Å². The first kappa shape index (κ1) is 14.7. The SMILES string of the molecule is COCCNc1ncnc2c1cnn2-c1ccc(C)c(Cl)c1. The van der Waals surface area contributed by atoms with Gasteiger partial charge in [-0.25, -0.2) is 14.6 Å². The van der Waals surface area contributed by atoms with Gasteiger partial charge in [0.05, 0.1) is 23.9 Å². The molecule has 0 spiro atoms. The van der Waals surface area contributed by atoms with Gasteiger partial charge in [0.25, 0.3) is 0 Å². The zero-order chi connectivity index (χ0) is 15.5. The predicted octanol–water partition coefficient (Wildman–Crippen LogP) is 2.84. The quantitative estimate of drug-likeness (QED) is 0.733. The number of methoxy groups -OCH3 is 1. The van der Waals surface area contributed by atoms with E-state index in [1.54, 1.807) is 18.0 Å². The van der Waals surface area contributed by atoms with Gasteiger partial charge >= 0.3 is 0 Å². The normalized spacial score (nSPS) is 11.0. The summed E-state index contributed by atoms with van der Waals surface area (Å²) in [6.45, 7) is 3.24. The number of hydrogen-bond acceptors (Lipinski definition) is 5. The maximum Gasteiger partial charge on any atom is 0.168 e. The summed E-state index contributed by atoms with van der Waals surface area (Å²) in [5, 5.41) is 9.19. The number of nitrogens with zero attached hydrogens (tertiary/aromatic N) is 4. The highest BCUT2D eigenvalue weighted by Crippen LogP contribution is 2.24. The monoisotopic (exact) mass is 317 g/mol. The Balaban J connectivity index is 2.01.